The smallest absolute Gasteiger partial charge is 0.0846 e. The first-order chi connectivity index (χ1) is 2.41. The van der Waals surface area contributed by atoms with Crippen molar-refractivity contribution < 1.29 is 0 Å². The van der Waals surface area contributed by atoms with Crippen LogP contribution in [0.15, 0.2) is 0 Å². The van der Waals surface area contributed by atoms with E-state index in [9.17, 15) is 0 Å². The quantitative estimate of drug-likeness (QED) is 0.426. The predicted octanol–water partition coefficient (Wildman–Crippen LogP) is 1.11. The number of rotatable bonds is 2. The topological polar surface area (TPSA) is 0 Å². The van der Waals surface area contributed by atoms with Gasteiger partial charge in [0.25, 0.3) is 0 Å². The van der Waals surface area contributed by atoms with Gasteiger partial charge in [0.1, 0.15) is 0 Å². The minimum Gasteiger partial charge on any atom is -0.0846 e. The average molecular weight is 68.9 g/mol. The molecule has 0 N–H and O–H groups in total. The van der Waals surface area contributed by atoms with Crippen molar-refractivity contribution in [1.29, 1.82) is 0 Å². The highest BCUT2D eigenvalue weighted by molar-refractivity contribution is 6.08. The normalized spacial score (nSPS) is 8.20. The minimum atomic E-state index is 1.09. The van der Waals surface area contributed by atoms with E-state index in [0.29, 0.717) is 0 Å². The number of hydrogen-bond acceptors (Lipinski definition) is 0. The Kier molecular flexibility index (Phi) is 4.12. The van der Waals surface area contributed by atoms with Gasteiger partial charge in [0.2, 0.25) is 0 Å². The first-order valence-corrected chi connectivity index (χ1v) is 2.21. The maximum absolute atomic E-state index is 3.68. The second kappa shape index (κ2) is 4.06. The van der Waals surface area contributed by atoms with E-state index in [1.165, 1.54) is 12.8 Å². The lowest BCUT2D eigenvalue weighted by Gasteiger charge is -1.79. The zero-order chi connectivity index (χ0) is 4.12. The largest absolute Gasteiger partial charge is 0.0865 e. The molecule has 0 aliphatic rings. The summed E-state index contributed by atoms with van der Waals surface area (Å²) >= 11 is 0. The first kappa shape index (κ1) is 5.06. The van der Waals surface area contributed by atoms with Crippen molar-refractivity contribution in [1.82, 2.24) is 0 Å². The van der Waals surface area contributed by atoms with Gasteiger partial charge >= 0.3 is 0 Å². The van der Waals surface area contributed by atoms with Gasteiger partial charge < -0.3 is 0 Å². The van der Waals surface area contributed by atoms with Crippen molar-refractivity contribution in [2.24, 2.45) is 0 Å². The average Bonchev–Trinajstić information content (AvgIpc) is 1.41. The Bertz CT molecular complexity index is 11.1. The molecule has 1 radical (unpaired) electrons. The molecule has 1 heteroatoms. The van der Waals surface area contributed by atoms with Gasteiger partial charge in [0.05, 0.1) is 7.85 Å². The van der Waals surface area contributed by atoms with Crippen LogP contribution in [0.5, 0.6) is 0 Å². The molecule has 0 heterocycles. The molecular formula is C4H10B. The van der Waals surface area contributed by atoms with Gasteiger partial charge in [-0.2, -0.15) is 0 Å². The molecule has 0 aliphatic heterocycles. The minimum absolute atomic E-state index is 1.09. The molecule has 0 spiro atoms. The fourth-order valence-electron chi connectivity index (χ4n) is 0.250. The number of hydrogen-bond donors (Lipinski definition) is 0. The van der Waals surface area contributed by atoms with Crippen molar-refractivity contribution >= 4 is 7.85 Å². The molecule has 0 saturated carbocycles. The standard InChI is InChI=1S/C4H10B/c1-2-3-4-5/h5H,2-4H2,1H3. The number of unbranched alkanes of at least 4 members (excludes halogenated alkanes) is 1. The van der Waals surface area contributed by atoms with Crippen LogP contribution in [0.25, 0.3) is 0 Å². The lowest BCUT2D eigenvalue weighted by atomic mass is 10.0. The second-order valence-electron chi connectivity index (χ2n) is 1.21. The van der Waals surface area contributed by atoms with E-state index in [-0.39, 0.29) is 0 Å². The van der Waals surface area contributed by atoms with E-state index in [1.54, 1.807) is 0 Å². The SMILES string of the molecule is [BH]CCCC. The molecule has 0 aromatic heterocycles. The summed E-state index contributed by atoms with van der Waals surface area (Å²) in [5.41, 5.74) is 0. The maximum Gasteiger partial charge on any atom is 0.0865 e. The van der Waals surface area contributed by atoms with Gasteiger partial charge in [-0.05, 0) is 0 Å². The molecule has 0 unspecified atom stereocenters. The summed E-state index contributed by atoms with van der Waals surface area (Å²) in [6.07, 6.45) is 3.65. The first-order valence-electron chi connectivity index (χ1n) is 2.21. The Morgan fingerprint density at radius 1 is 1.60 bits per heavy atom. The zero-order valence-corrected chi connectivity index (χ0v) is 3.83. The maximum atomic E-state index is 3.68. The summed E-state index contributed by atoms with van der Waals surface area (Å²) in [7, 11) is 3.68. The zero-order valence-electron chi connectivity index (χ0n) is 3.83. The van der Waals surface area contributed by atoms with Crippen LogP contribution < -0.4 is 0 Å². The van der Waals surface area contributed by atoms with Gasteiger partial charge in [0, 0.05) is 0 Å². The second-order valence-corrected chi connectivity index (χ2v) is 1.21. The molecule has 0 bridgehead atoms. The molecule has 0 atom stereocenters. The summed E-state index contributed by atoms with van der Waals surface area (Å²) < 4.78 is 0. The van der Waals surface area contributed by atoms with E-state index in [4.69, 9.17) is 0 Å². The van der Waals surface area contributed by atoms with Gasteiger partial charge in [-0.25, -0.2) is 0 Å². The molecule has 29 valence electrons. The van der Waals surface area contributed by atoms with Crippen LogP contribution in [-0.2, 0) is 0 Å². The third-order valence-electron chi connectivity index (χ3n) is 0.604. The Hall–Kier alpha value is 0.0649. The highest BCUT2D eigenvalue weighted by Crippen LogP contribution is 1.86. The van der Waals surface area contributed by atoms with Crippen LogP contribution in [0.3, 0.4) is 0 Å². The van der Waals surface area contributed by atoms with Crippen LogP contribution in [0.1, 0.15) is 19.8 Å². The van der Waals surface area contributed by atoms with Crippen molar-refractivity contribution in [2.75, 3.05) is 0 Å². The van der Waals surface area contributed by atoms with E-state index in [1.807, 2.05) is 0 Å². The Balaban J connectivity index is 2.19. The van der Waals surface area contributed by atoms with Gasteiger partial charge in [-0.15, -0.1) is 0 Å². The van der Waals surface area contributed by atoms with Crippen LogP contribution in [0.2, 0.25) is 6.32 Å². The molecule has 5 heavy (non-hydrogen) atoms. The molecule has 0 aliphatic carbocycles. The summed E-state index contributed by atoms with van der Waals surface area (Å²) in [6, 6.07) is 0. The Morgan fingerprint density at radius 2 is 2.20 bits per heavy atom. The van der Waals surface area contributed by atoms with Crippen molar-refractivity contribution in [3.05, 3.63) is 0 Å². The molecule has 0 nitrogen and oxygen atoms in total. The third kappa shape index (κ3) is 4.06. The predicted molar refractivity (Wildman–Crippen MR) is 26.9 cm³/mol. The lowest BCUT2D eigenvalue weighted by molar-refractivity contribution is 0.884. The lowest BCUT2D eigenvalue weighted by Crippen LogP contribution is -1.63. The molecule has 0 aromatic carbocycles. The third-order valence-corrected chi connectivity index (χ3v) is 0.604. The highest BCUT2D eigenvalue weighted by Gasteiger charge is 1.68. The highest BCUT2D eigenvalue weighted by atomic mass is 13.7. The van der Waals surface area contributed by atoms with E-state index in [2.05, 4.69) is 14.8 Å². The van der Waals surface area contributed by atoms with Crippen LogP contribution in [0.4, 0.5) is 0 Å². The van der Waals surface area contributed by atoms with Gasteiger partial charge in [0.15, 0.2) is 0 Å². The van der Waals surface area contributed by atoms with E-state index in [0.717, 1.165) is 6.32 Å². The van der Waals surface area contributed by atoms with Crippen LogP contribution in [0, 0.1) is 0 Å². The van der Waals surface area contributed by atoms with Gasteiger partial charge in [-0.1, -0.05) is 26.1 Å². The summed E-state index contributed by atoms with van der Waals surface area (Å²) in [4.78, 5) is 0. The Morgan fingerprint density at radius 3 is 2.20 bits per heavy atom. The van der Waals surface area contributed by atoms with Crippen molar-refractivity contribution in [3.63, 3.8) is 0 Å². The molecule has 0 aromatic rings. The summed E-state index contributed by atoms with van der Waals surface area (Å²) in [5.74, 6) is 0. The molecule has 0 fully saturated rings. The molecule has 0 amide bonds. The molecular weight excluding hydrogens is 58.9 g/mol. The van der Waals surface area contributed by atoms with Gasteiger partial charge in [-0.3, -0.25) is 0 Å². The van der Waals surface area contributed by atoms with E-state index < -0.39 is 0 Å². The van der Waals surface area contributed by atoms with E-state index >= 15 is 0 Å². The summed E-state index contributed by atoms with van der Waals surface area (Å²) in [5, 5.41) is 0. The fourth-order valence-corrected chi connectivity index (χ4v) is 0.250. The van der Waals surface area contributed by atoms with Crippen LogP contribution >= 0.6 is 0 Å². The molecule has 0 rings (SSSR count). The fraction of sp³-hybridized carbons (Fsp3) is 1.00. The Labute approximate surface area is 35.0 Å². The molecule has 0 saturated heterocycles. The monoisotopic (exact) mass is 69.1 g/mol. The van der Waals surface area contributed by atoms with Crippen molar-refractivity contribution in [2.45, 2.75) is 26.1 Å². The van der Waals surface area contributed by atoms with Crippen LogP contribution in [-0.4, -0.2) is 7.85 Å². The van der Waals surface area contributed by atoms with Crippen molar-refractivity contribution in [3.8, 4) is 0 Å². The summed E-state index contributed by atoms with van der Waals surface area (Å²) in [6.45, 7) is 2.17.